The van der Waals surface area contributed by atoms with Gasteiger partial charge in [-0.3, -0.25) is 9.10 Å². The summed E-state index contributed by atoms with van der Waals surface area (Å²) in [7, 11) is -3.71. The van der Waals surface area contributed by atoms with Gasteiger partial charge in [-0.05, 0) is 30.5 Å². The zero-order valence-corrected chi connectivity index (χ0v) is 16.5. The van der Waals surface area contributed by atoms with Gasteiger partial charge in [0.15, 0.2) is 0 Å². The molecule has 0 aliphatic rings. The number of unbranched alkanes of at least 4 members (excludes halogenated alkanes) is 1. The number of sulfonamides is 1. The van der Waals surface area contributed by atoms with Crippen LogP contribution in [0.2, 0.25) is 5.02 Å². The normalized spacial score (nSPS) is 12.7. The van der Waals surface area contributed by atoms with E-state index in [9.17, 15) is 17.6 Å². The fourth-order valence-corrected chi connectivity index (χ4v) is 3.45. The van der Waals surface area contributed by atoms with Crippen LogP contribution in [0.1, 0.15) is 39.5 Å². The number of carbonyl (C=O) groups is 1. The van der Waals surface area contributed by atoms with Gasteiger partial charge in [-0.1, -0.05) is 44.7 Å². The van der Waals surface area contributed by atoms with Gasteiger partial charge in [0.25, 0.3) is 0 Å². The molecule has 0 unspecified atom stereocenters. The maximum absolute atomic E-state index is 13.3. The molecule has 1 rings (SSSR count). The number of hydrogen-bond acceptors (Lipinski definition) is 3. The van der Waals surface area contributed by atoms with Crippen molar-refractivity contribution in [2.75, 3.05) is 23.7 Å². The van der Waals surface area contributed by atoms with E-state index in [-0.39, 0.29) is 17.3 Å². The number of anilines is 1. The number of nitrogens with zero attached hydrogens (tertiary/aromatic N) is 1. The van der Waals surface area contributed by atoms with Gasteiger partial charge in [0.05, 0.1) is 17.0 Å². The van der Waals surface area contributed by atoms with Crippen LogP contribution in [0, 0.1) is 11.7 Å². The fourth-order valence-electron chi connectivity index (χ4n) is 2.43. The molecule has 0 saturated carbocycles. The predicted molar refractivity (Wildman–Crippen MR) is 99.9 cm³/mol. The molecule has 1 aromatic rings. The lowest BCUT2D eigenvalue weighted by molar-refractivity contribution is -0.119. The summed E-state index contributed by atoms with van der Waals surface area (Å²) >= 11 is 5.72. The standard InChI is InChI=1S/C17H26ClFN2O3S/c1-4-6-7-13(5-2)11-20-17(22)12-21(25(3,23)24)14-8-9-16(19)15(18)10-14/h8-10,13H,4-7,11-12H2,1-3H3,(H,20,22)/t13-/m0/s1. The highest BCUT2D eigenvalue weighted by atomic mass is 35.5. The predicted octanol–water partition coefficient (Wildman–Crippen LogP) is 3.58. The minimum atomic E-state index is -3.71. The molecule has 0 aromatic heterocycles. The topological polar surface area (TPSA) is 66.5 Å². The highest BCUT2D eigenvalue weighted by molar-refractivity contribution is 7.92. The molecule has 0 saturated heterocycles. The lowest BCUT2D eigenvalue weighted by atomic mass is 9.99. The summed E-state index contributed by atoms with van der Waals surface area (Å²) in [5, 5.41) is 2.59. The molecule has 0 aliphatic carbocycles. The van der Waals surface area contributed by atoms with Crippen LogP contribution in [0.15, 0.2) is 18.2 Å². The summed E-state index contributed by atoms with van der Waals surface area (Å²) in [5.74, 6) is -0.679. The first-order valence-electron chi connectivity index (χ1n) is 8.38. The summed E-state index contributed by atoms with van der Waals surface area (Å²) in [5.41, 5.74) is 0.155. The Hall–Kier alpha value is -1.34. The highest BCUT2D eigenvalue weighted by Gasteiger charge is 2.22. The quantitative estimate of drug-likeness (QED) is 0.661. The van der Waals surface area contributed by atoms with Crippen molar-refractivity contribution in [3.63, 3.8) is 0 Å². The average Bonchev–Trinajstić information content (AvgIpc) is 2.54. The molecule has 142 valence electrons. The van der Waals surface area contributed by atoms with Crippen LogP contribution in [0.4, 0.5) is 10.1 Å². The van der Waals surface area contributed by atoms with Gasteiger partial charge in [0, 0.05) is 6.54 Å². The molecule has 25 heavy (non-hydrogen) atoms. The van der Waals surface area contributed by atoms with Gasteiger partial charge in [0.2, 0.25) is 15.9 Å². The van der Waals surface area contributed by atoms with Crippen molar-refractivity contribution in [1.29, 1.82) is 0 Å². The van der Waals surface area contributed by atoms with Crippen LogP contribution in [0.5, 0.6) is 0 Å². The molecule has 1 N–H and O–H groups in total. The minimum absolute atomic E-state index is 0.155. The van der Waals surface area contributed by atoms with Crippen molar-refractivity contribution in [1.82, 2.24) is 5.32 Å². The number of amides is 1. The molecule has 1 aromatic carbocycles. The zero-order chi connectivity index (χ0) is 19.0. The second kappa shape index (κ2) is 9.97. The Bertz CT molecular complexity index is 682. The summed E-state index contributed by atoms with van der Waals surface area (Å²) in [4.78, 5) is 12.2. The van der Waals surface area contributed by atoms with Crippen molar-refractivity contribution >= 4 is 33.2 Å². The Morgan fingerprint density at radius 1 is 1.36 bits per heavy atom. The van der Waals surface area contributed by atoms with E-state index in [1.807, 2.05) is 0 Å². The van der Waals surface area contributed by atoms with Gasteiger partial charge < -0.3 is 5.32 Å². The van der Waals surface area contributed by atoms with Crippen LogP contribution in [-0.4, -0.2) is 33.7 Å². The maximum atomic E-state index is 13.3. The Labute approximate surface area is 154 Å². The van der Waals surface area contributed by atoms with Crippen molar-refractivity contribution in [3.05, 3.63) is 29.0 Å². The third-order valence-corrected chi connectivity index (χ3v) is 5.44. The van der Waals surface area contributed by atoms with Crippen LogP contribution >= 0.6 is 11.6 Å². The van der Waals surface area contributed by atoms with Gasteiger partial charge in [-0.25, -0.2) is 12.8 Å². The monoisotopic (exact) mass is 392 g/mol. The molecular formula is C17H26ClFN2O3S. The maximum Gasteiger partial charge on any atom is 0.240 e. The third-order valence-electron chi connectivity index (χ3n) is 4.01. The molecule has 1 amide bonds. The van der Waals surface area contributed by atoms with E-state index >= 15 is 0 Å². The molecule has 0 spiro atoms. The Morgan fingerprint density at radius 3 is 2.56 bits per heavy atom. The molecule has 0 fully saturated rings. The fraction of sp³-hybridized carbons (Fsp3) is 0.588. The van der Waals surface area contributed by atoms with E-state index in [1.54, 1.807) is 0 Å². The highest BCUT2D eigenvalue weighted by Crippen LogP contribution is 2.24. The first-order valence-corrected chi connectivity index (χ1v) is 10.6. The molecule has 1 atom stereocenters. The summed E-state index contributed by atoms with van der Waals surface area (Å²) in [6, 6.07) is 3.55. The van der Waals surface area contributed by atoms with Crippen LogP contribution < -0.4 is 9.62 Å². The van der Waals surface area contributed by atoms with Crippen LogP contribution in [0.25, 0.3) is 0 Å². The van der Waals surface area contributed by atoms with Gasteiger partial charge >= 0.3 is 0 Å². The average molecular weight is 393 g/mol. The lowest BCUT2D eigenvalue weighted by Gasteiger charge is -2.23. The second-order valence-corrected chi connectivity index (χ2v) is 8.40. The molecule has 0 heterocycles. The Kier molecular flexibility index (Phi) is 8.65. The smallest absolute Gasteiger partial charge is 0.240 e. The van der Waals surface area contributed by atoms with Crippen molar-refractivity contribution in [2.24, 2.45) is 5.92 Å². The number of halogens is 2. The number of nitrogens with one attached hydrogen (secondary N) is 1. The molecule has 5 nitrogen and oxygen atoms in total. The zero-order valence-electron chi connectivity index (χ0n) is 14.9. The van der Waals surface area contributed by atoms with E-state index in [4.69, 9.17) is 11.6 Å². The molecule has 8 heteroatoms. The van der Waals surface area contributed by atoms with E-state index in [0.717, 1.165) is 42.3 Å². The number of rotatable bonds is 10. The Balaban J connectivity index is 2.79. The number of carbonyl (C=O) groups excluding carboxylic acids is 1. The van der Waals surface area contributed by atoms with Crippen molar-refractivity contribution < 1.29 is 17.6 Å². The summed E-state index contributed by atoms with van der Waals surface area (Å²) in [6.45, 7) is 4.32. The second-order valence-electron chi connectivity index (χ2n) is 6.09. The first-order chi connectivity index (χ1) is 11.7. The first kappa shape index (κ1) is 21.7. The van der Waals surface area contributed by atoms with Gasteiger partial charge in [-0.15, -0.1) is 0 Å². The van der Waals surface area contributed by atoms with Crippen molar-refractivity contribution in [2.45, 2.75) is 39.5 Å². The van der Waals surface area contributed by atoms with E-state index in [1.165, 1.54) is 12.1 Å². The number of benzene rings is 1. The van der Waals surface area contributed by atoms with Crippen LogP contribution in [0.3, 0.4) is 0 Å². The summed E-state index contributed by atoms with van der Waals surface area (Å²) < 4.78 is 38.2. The number of hydrogen-bond donors (Lipinski definition) is 1. The molecule has 0 radical (unpaired) electrons. The SMILES string of the molecule is CCCC[C@H](CC)CNC(=O)CN(c1ccc(F)c(Cl)c1)S(C)(=O)=O. The largest absolute Gasteiger partial charge is 0.354 e. The molecule has 0 aliphatic heterocycles. The Morgan fingerprint density at radius 2 is 2.04 bits per heavy atom. The van der Waals surface area contributed by atoms with Gasteiger partial charge in [0.1, 0.15) is 12.4 Å². The molecular weight excluding hydrogens is 367 g/mol. The van der Waals surface area contributed by atoms with Crippen LogP contribution in [-0.2, 0) is 14.8 Å². The third kappa shape index (κ3) is 7.20. The molecule has 0 bridgehead atoms. The van der Waals surface area contributed by atoms with E-state index in [2.05, 4.69) is 19.2 Å². The minimum Gasteiger partial charge on any atom is -0.354 e. The van der Waals surface area contributed by atoms with E-state index in [0.29, 0.717) is 12.5 Å². The van der Waals surface area contributed by atoms with Crippen molar-refractivity contribution in [3.8, 4) is 0 Å². The van der Waals surface area contributed by atoms with Gasteiger partial charge in [-0.2, -0.15) is 0 Å². The van der Waals surface area contributed by atoms with E-state index < -0.39 is 21.7 Å². The lowest BCUT2D eigenvalue weighted by Crippen LogP contribution is -2.41. The summed E-state index contributed by atoms with van der Waals surface area (Å²) in [6.07, 6.45) is 5.16.